The van der Waals surface area contributed by atoms with Crippen molar-refractivity contribution >= 4 is 42.9 Å². The standard InChI is InChI=1S/C11H18N2O5S2.C11H17NO5S2.CH4/c1-7-10-11(8(2)19-7)17-9(6-16-10)5-13-3-4-20(14,15)18-12;1-7-10-11(8(2)18-7)17-9(6-16-10)5-12-3-4-19(13,14)15;/h9,13H,3-6,12H2,1-2H3;9,12H,3-6H2,1-2H3,(H,13,14,15);1H4/p-1. The Morgan fingerprint density at radius 2 is 1.20 bits per heavy atom. The average molecular weight is 645 g/mol. The van der Waals surface area contributed by atoms with Crippen LogP contribution < -0.4 is 35.5 Å². The van der Waals surface area contributed by atoms with Crippen molar-refractivity contribution in [1.82, 2.24) is 10.6 Å². The van der Waals surface area contributed by atoms with Gasteiger partial charge in [0, 0.05) is 45.7 Å². The molecule has 0 bridgehead atoms. The quantitative estimate of drug-likeness (QED) is 0.182. The summed E-state index contributed by atoms with van der Waals surface area (Å²) in [6, 6.07) is 0. The minimum atomic E-state index is -4.16. The Balaban J connectivity index is 0.000000274. The van der Waals surface area contributed by atoms with E-state index >= 15 is 0 Å². The molecule has 13 nitrogen and oxygen atoms in total. The van der Waals surface area contributed by atoms with E-state index in [2.05, 4.69) is 20.8 Å². The van der Waals surface area contributed by atoms with Gasteiger partial charge < -0.3 is 34.1 Å². The predicted molar refractivity (Wildman–Crippen MR) is 154 cm³/mol. The Bertz CT molecular complexity index is 1320. The van der Waals surface area contributed by atoms with Crippen LogP contribution in [-0.4, -0.2) is 84.5 Å². The number of fused-ring (bicyclic) bond motifs is 2. The highest BCUT2D eigenvalue weighted by molar-refractivity contribution is 7.86. The zero-order valence-electron chi connectivity index (χ0n) is 22.1. The van der Waals surface area contributed by atoms with Gasteiger partial charge >= 0.3 is 0 Å². The fraction of sp³-hybridized carbons (Fsp3) is 0.652. The third kappa shape index (κ3) is 9.99. The molecule has 4 rings (SSSR count). The maximum atomic E-state index is 11.0. The van der Waals surface area contributed by atoms with E-state index in [4.69, 9.17) is 18.9 Å². The van der Waals surface area contributed by atoms with Crippen LogP contribution in [-0.2, 0) is 24.5 Å². The molecule has 0 saturated heterocycles. The fourth-order valence-corrected chi connectivity index (χ4v) is 6.57. The lowest BCUT2D eigenvalue weighted by Gasteiger charge is -2.26. The third-order valence-corrected chi connectivity index (χ3v) is 9.32. The van der Waals surface area contributed by atoms with Gasteiger partial charge in [-0.3, -0.25) is 0 Å². The van der Waals surface area contributed by atoms with Gasteiger partial charge in [-0.15, -0.1) is 22.7 Å². The Morgan fingerprint density at radius 1 is 0.800 bits per heavy atom. The van der Waals surface area contributed by atoms with E-state index in [-0.39, 0.29) is 38.5 Å². The fourth-order valence-electron chi connectivity index (χ4n) is 3.82. The maximum Gasteiger partial charge on any atom is 0.284 e. The van der Waals surface area contributed by atoms with Crippen molar-refractivity contribution in [2.75, 3.05) is 50.9 Å². The molecule has 2 aromatic heterocycles. The number of aryl methyl sites for hydroxylation is 4. The first-order chi connectivity index (χ1) is 18.3. The zero-order valence-corrected chi connectivity index (χ0v) is 25.4. The largest absolute Gasteiger partial charge is 0.748 e. The molecular weight excluding hydrogens is 607 g/mol. The van der Waals surface area contributed by atoms with E-state index in [1.54, 1.807) is 22.7 Å². The number of thiophene rings is 2. The highest BCUT2D eigenvalue weighted by Crippen LogP contribution is 2.44. The van der Waals surface area contributed by atoms with Gasteiger partial charge in [0.25, 0.3) is 10.1 Å². The van der Waals surface area contributed by atoms with Crippen molar-refractivity contribution < 1.29 is 44.6 Å². The van der Waals surface area contributed by atoms with E-state index < -0.39 is 26.0 Å². The Labute approximate surface area is 244 Å². The first kappa shape index (κ1) is 34.5. The van der Waals surface area contributed by atoms with Crippen molar-refractivity contribution in [3.63, 3.8) is 0 Å². The smallest absolute Gasteiger partial charge is 0.284 e. The van der Waals surface area contributed by atoms with Crippen molar-refractivity contribution in [1.29, 1.82) is 0 Å². The molecule has 2 atom stereocenters. The molecule has 0 amide bonds. The van der Waals surface area contributed by atoms with Gasteiger partial charge in [-0.25, -0.2) is 8.42 Å². The zero-order chi connectivity index (χ0) is 28.8. The second kappa shape index (κ2) is 15.0. The predicted octanol–water partition coefficient (Wildman–Crippen LogP) is 1.59. The van der Waals surface area contributed by atoms with Crippen LogP contribution in [0.3, 0.4) is 0 Å². The van der Waals surface area contributed by atoms with E-state index in [1.807, 2.05) is 27.7 Å². The molecule has 0 aromatic carbocycles. The van der Waals surface area contributed by atoms with Crippen molar-refractivity contribution in [2.24, 2.45) is 5.90 Å². The summed E-state index contributed by atoms with van der Waals surface area (Å²) < 4.78 is 80.3. The van der Waals surface area contributed by atoms with Gasteiger partial charge in [0.2, 0.25) is 0 Å². The molecule has 2 aliphatic rings. The molecule has 0 saturated carbocycles. The first-order valence-electron chi connectivity index (χ1n) is 12.0. The van der Waals surface area contributed by atoms with Gasteiger partial charge in [0.05, 0.1) is 21.6 Å². The van der Waals surface area contributed by atoms with Crippen LogP contribution in [0.4, 0.5) is 0 Å². The summed E-state index contributed by atoms with van der Waals surface area (Å²) in [5.41, 5.74) is 0. The van der Waals surface area contributed by atoms with E-state index in [0.29, 0.717) is 26.3 Å². The van der Waals surface area contributed by atoms with Gasteiger partial charge in [-0.2, -0.15) is 18.6 Å². The molecule has 40 heavy (non-hydrogen) atoms. The van der Waals surface area contributed by atoms with Gasteiger partial charge in [-0.05, 0) is 27.7 Å². The first-order valence-corrected chi connectivity index (χ1v) is 16.8. The molecule has 4 N–H and O–H groups in total. The Hall–Kier alpha value is -1.70. The van der Waals surface area contributed by atoms with Crippen LogP contribution in [0, 0.1) is 27.7 Å². The molecule has 0 fully saturated rings. The molecule has 230 valence electrons. The minimum Gasteiger partial charge on any atom is -0.748 e. The van der Waals surface area contributed by atoms with Gasteiger partial charge in [0.1, 0.15) is 25.4 Å². The molecule has 4 heterocycles. The molecule has 2 unspecified atom stereocenters. The summed E-state index contributed by atoms with van der Waals surface area (Å²) >= 11 is 3.27. The second-order valence-corrected chi connectivity index (χ2v) is 15.0. The SMILES string of the molecule is C.Cc1sc(C)c2c1OCC(CNCCS(=O)(=O)ON)O2.Cc1sc(C)c2c1OCC(CNCCS(=O)(=O)[O-])O2. The van der Waals surface area contributed by atoms with Crippen molar-refractivity contribution in [2.45, 2.75) is 47.3 Å². The summed E-state index contributed by atoms with van der Waals surface area (Å²) in [6.45, 7) is 10.1. The number of rotatable bonds is 11. The number of hydrogen-bond donors (Lipinski definition) is 3. The molecule has 0 aliphatic carbocycles. The van der Waals surface area contributed by atoms with Crippen LogP contribution in [0.15, 0.2) is 0 Å². The molecular formula is C23H38N3O10S4-. The summed E-state index contributed by atoms with van der Waals surface area (Å²) in [5, 5.41) is 5.87. The summed E-state index contributed by atoms with van der Waals surface area (Å²) in [6.07, 6.45) is -0.314. The van der Waals surface area contributed by atoms with E-state index in [0.717, 1.165) is 42.5 Å². The van der Waals surface area contributed by atoms with E-state index in [1.165, 1.54) is 0 Å². The molecule has 0 spiro atoms. The number of nitrogens with two attached hydrogens (primary N) is 1. The van der Waals surface area contributed by atoms with Crippen LogP contribution in [0.2, 0.25) is 0 Å². The number of nitrogens with one attached hydrogen (secondary N) is 2. The molecule has 2 aromatic rings. The van der Waals surface area contributed by atoms with Crippen molar-refractivity contribution in [3.8, 4) is 23.0 Å². The minimum absolute atomic E-state index is 0. The van der Waals surface area contributed by atoms with Crippen LogP contribution >= 0.6 is 22.7 Å². The summed E-state index contributed by atoms with van der Waals surface area (Å²) in [4.78, 5) is 4.35. The third-order valence-electron chi connectivity index (χ3n) is 5.65. The Morgan fingerprint density at radius 3 is 1.60 bits per heavy atom. The highest BCUT2D eigenvalue weighted by Gasteiger charge is 2.27. The van der Waals surface area contributed by atoms with Crippen LogP contribution in [0.25, 0.3) is 0 Å². The molecule has 2 aliphatic heterocycles. The molecule has 17 heteroatoms. The Kier molecular flexibility index (Phi) is 12.9. The van der Waals surface area contributed by atoms with Gasteiger partial charge in [0.15, 0.2) is 23.0 Å². The topological polar surface area (TPSA) is 188 Å². The monoisotopic (exact) mass is 644 g/mol. The van der Waals surface area contributed by atoms with Crippen molar-refractivity contribution in [3.05, 3.63) is 19.5 Å². The van der Waals surface area contributed by atoms with Gasteiger partial charge in [-0.1, -0.05) is 7.43 Å². The average Bonchev–Trinajstić information content (AvgIpc) is 3.32. The lowest BCUT2D eigenvalue weighted by atomic mass is 10.3. The summed E-state index contributed by atoms with van der Waals surface area (Å²) in [7, 11) is -7.79. The number of hydrogen-bond acceptors (Lipinski definition) is 15. The highest BCUT2D eigenvalue weighted by atomic mass is 32.2. The lowest BCUT2D eigenvalue weighted by Crippen LogP contribution is -2.40. The normalized spacial score (nSPS) is 17.9. The second-order valence-electron chi connectivity index (χ2n) is 8.88. The number of ether oxygens (including phenoxy) is 4. The van der Waals surface area contributed by atoms with E-state index in [9.17, 15) is 21.4 Å². The van der Waals surface area contributed by atoms with Crippen LogP contribution in [0.5, 0.6) is 23.0 Å². The van der Waals surface area contributed by atoms with Crippen LogP contribution in [0.1, 0.15) is 26.9 Å². The summed E-state index contributed by atoms with van der Waals surface area (Å²) in [5.74, 6) is 7.25. The molecule has 0 radical (unpaired) electrons. The maximum absolute atomic E-state index is 11.0. The lowest BCUT2D eigenvalue weighted by molar-refractivity contribution is 0.0909.